The number of carboxylic acid groups (broad SMARTS) is 1. The van der Waals surface area contributed by atoms with Gasteiger partial charge in [-0.25, -0.2) is 9.59 Å². The summed E-state index contributed by atoms with van der Waals surface area (Å²) in [5.74, 6) is 1.55. The number of piperazine rings is 2. The highest BCUT2D eigenvalue weighted by Gasteiger charge is 2.36. The van der Waals surface area contributed by atoms with Crippen LogP contribution in [0.4, 0.5) is 11.4 Å². The molecule has 338 valence electrons. The van der Waals surface area contributed by atoms with Crippen LogP contribution in [0.3, 0.4) is 0 Å². The molecule has 1 N–H and O–H groups in total. The minimum atomic E-state index is -0.906. The lowest BCUT2D eigenvalue weighted by atomic mass is 10.0. The van der Waals surface area contributed by atoms with Crippen molar-refractivity contribution in [1.29, 1.82) is 0 Å². The van der Waals surface area contributed by atoms with Crippen LogP contribution in [0.2, 0.25) is 20.1 Å². The van der Waals surface area contributed by atoms with Gasteiger partial charge in [-0.05, 0) is 86.3 Å². The van der Waals surface area contributed by atoms with Crippen LogP contribution in [0.15, 0.2) is 94.0 Å². The summed E-state index contributed by atoms with van der Waals surface area (Å²) in [4.78, 5) is 32.5. The summed E-state index contributed by atoms with van der Waals surface area (Å²) in [6, 6.07) is 25.7. The Bertz CT molecular complexity index is 2640. The molecule has 4 heterocycles. The van der Waals surface area contributed by atoms with Gasteiger partial charge in [-0.15, -0.1) is 0 Å². The summed E-state index contributed by atoms with van der Waals surface area (Å²) >= 11 is 25.9. The van der Waals surface area contributed by atoms with Gasteiger partial charge < -0.3 is 28.7 Å². The largest absolute Gasteiger partial charge is 0.478 e. The van der Waals surface area contributed by atoms with Crippen molar-refractivity contribution in [1.82, 2.24) is 20.1 Å². The number of anilines is 2. The lowest BCUT2D eigenvalue weighted by molar-refractivity contribution is 0.0599. The Morgan fingerprint density at radius 2 is 0.985 bits per heavy atom. The highest BCUT2D eigenvalue weighted by molar-refractivity contribution is 6.39. The zero-order chi connectivity index (χ0) is 45.2. The van der Waals surface area contributed by atoms with Gasteiger partial charge in [-0.2, -0.15) is 0 Å². The number of hydrogen-bond donors (Lipinski definition) is 1. The first-order valence-electron chi connectivity index (χ1n) is 21.9. The molecule has 4 aliphatic rings. The number of carbonyl (C=O) groups is 2. The maximum absolute atomic E-state index is 11.9. The average Bonchev–Trinajstić information content (AvgIpc) is 4.27. The van der Waals surface area contributed by atoms with Gasteiger partial charge >= 0.3 is 11.9 Å². The Hall–Kier alpha value is -5.08. The van der Waals surface area contributed by atoms with Crippen LogP contribution >= 0.6 is 46.4 Å². The van der Waals surface area contributed by atoms with Gasteiger partial charge in [0, 0.05) is 111 Å². The number of carboxylic acids is 1. The van der Waals surface area contributed by atoms with E-state index in [0.717, 1.165) is 148 Å². The molecule has 12 nitrogen and oxygen atoms in total. The first-order valence-corrected chi connectivity index (χ1v) is 23.4. The number of esters is 1. The number of aromatic carboxylic acids is 1. The van der Waals surface area contributed by atoms with Crippen molar-refractivity contribution in [3.63, 3.8) is 0 Å². The van der Waals surface area contributed by atoms with Gasteiger partial charge in [-0.1, -0.05) is 81.0 Å². The van der Waals surface area contributed by atoms with Gasteiger partial charge in [-0.3, -0.25) is 9.80 Å². The van der Waals surface area contributed by atoms with Crippen molar-refractivity contribution in [2.75, 3.05) is 69.3 Å². The topological polar surface area (TPSA) is 129 Å². The minimum Gasteiger partial charge on any atom is -0.478 e. The van der Waals surface area contributed by atoms with E-state index in [1.165, 1.54) is 7.11 Å². The number of rotatable bonds is 12. The Balaban J connectivity index is 0.000000164. The summed E-state index contributed by atoms with van der Waals surface area (Å²) in [6.07, 6.45) is 4.49. The number of methoxy groups -OCH3 is 1. The van der Waals surface area contributed by atoms with Crippen molar-refractivity contribution >= 4 is 69.7 Å². The molecule has 0 spiro atoms. The second kappa shape index (κ2) is 19.8. The maximum Gasteiger partial charge on any atom is 0.337 e. The Kier molecular flexibility index (Phi) is 13.7. The van der Waals surface area contributed by atoms with E-state index >= 15 is 0 Å². The van der Waals surface area contributed by atoms with E-state index in [1.807, 2.05) is 60.7 Å². The predicted octanol–water partition coefficient (Wildman–Crippen LogP) is 11.2. The lowest BCUT2D eigenvalue weighted by Gasteiger charge is -2.36. The molecule has 4 aromatic carbocycles. The molecule has 0 radical (unpaired) electrons. The third-order valence-electron chi connectivity index (χ3n) is 12.5. The van der Waals surface area contributed by atoms with Crippen LogP contribution in [-0.2, 0) is 17.8 Å². The van der Waals surface area contributed by atoms with E-state index in [1.54, 1.807) is 24.3 Å². The molecular weight excluding hydrogens is 910 g/mol. The number of benzene rings is 4. The highest BCUT2D eigenvalue weighted by Crippen LogP contribution is 2.48. The number of aromatic nitrogens is 2. The Morgan fingerprint density at radius 1 is 0.600 bits per heavy atom. The molecule has 2 saturated heterocycles. The molecule has 65 heavy (non-hydrogen) atoms. The van der Waals surface area contributed by atoms with Crippen molar-refractivity contribution in [3.05, 3.63) is 139 Å². The number of halogens is 4. The van der Waals surface area contributed by atoms with Crippen molar-refractivity contribution < 1.29 is 28.5 Å². The molecule has 0 atom stereocenters. The number of nitrogens with zero attached hydrogens (tertiary/aromatic N) is 6. The van der Waals surface area contributed by atoms with Crippen LogP contribution in [0.5, 0.6) is 0 Å². The van der Waals surface area contributed by atoms with Crippen LogP contribution in [0.25, 0.3) is 22.5 Å². The third-order valence-corrected chi connectivity index (χ3v) is 13.8. The fourth-order valence-corrected chi connectivity index (χ4v) is 9.83. The SMILES string of the molecule is COC(=O)c1cccc(N2CCN(Cc3c(-c4c(Cl)cccc4Cl)noc3C3CC3)CC2)c1.O=C(O)c1cccc(N2CCN(Cc3c(-c4c(Cl)cccc4Cl)noc3C3CC3)CC2)c1. The first-order chi connectivity index (χ1) is 31.6. The normalized spacial score (nSPS) is 16.9. The second-order valence-electron chi connectivity index (χ2n) is 16.9. The summed E-state index contributed by atoms with van der Waals surface area (Å²) in [7, 11) is 1.40. The smallest absolute Gasteiger partial charge is 0.337 e. The van der Waals surface area contributed by atoms with E-state index in [9.17, 15) is 14.7 Å². The van der Waals surface area contributed by atoms with Crippen molar-refractivity contribution in [2.24, 2.45) is 0 Å². The van der Waals surface area contributed by atoms with Crippen LogP contribution in [-0.4, -0.2) is 96.6 Å². The number of carbonyl (C=O) groups excluding carboxylic acids is 1. The molecule has 2 aliphatic heterocycles. The predicted molar refractivity (Wildman–Crippen MR) is 254 cm³/mol. The fraction of sp³-hybridized carbons (Fsp3) is 0.347. The quantitative estimate of drug-likeness (QED) is 0.117. The summed E-state index contributed by atoms with van der Waals surface area (Å²) in [6.45, 7) is 8.27. The molecular formula is C49H48Cl4N6O6. The van der Waals surface area contributed by atoms with E-state index in [2.05, 4.69) is 29.9 Å². The zero-order valence-electron chi connectivity index (χ0n) is 35.8. The molecule has 2 aromatic heterocycles. The lowest BCUT2D eigenvalue weighted by Crippen LogP contribution is -2.46. The monoisotopic (exact) mass is 956 g/mol. The maximum atomic E-state index is 11.9. The van der Waals surface area contributed by atoms with E-state index in [0.29, 0.717) is 43.1 Å². The molecule has 4 fully saturated rings. The van der Waals surface area contributed by atoms with Gasteiger partial charge in [0.15, 0.2) is 0 Å². The summed E-state index contributed by atoms with van der Waals surface area (Å²) in [5, 5.41) is 20.4. The average molecular weight is 959 g/mol. The summed E-state index contributed by atoms with van der Waals surface area (Å²) in [5.41, 5.74) is 7.97. The van der Waals surface area contributed by atoms with Crippen LogP contribution < -0.4 is 9.80 Å². The van der Waals surface area contributed by atoms with E-state index in [4.69, 9.17) is 60.2 Å². The van der Waals surface area contributed by atoms with Crippen molar-refractivity contribution in [2.45, 2.75) is 50.6 Å². The van der Waals surface area contributed by atoms with E-state index < -0.39 is 5.97 Å². The molecule has 2 saturated carbocycles. The van der Waals surface area contributed by atoms with Gasteiger partial charge in [0.25, 0.3) is 0 Å². The molecule has 2 aliphatic carbocycles. The van der Waals surface area contributed by atoms with Gasteiger partial charge in [0.05, 0.1) is 38.3 Å². The van der Waals surface area contributed by atoms with Gasteiger partial charge in [0.2, 0.25) is 0 Å². The van der Waals surface area contributed by atoms with Gasteiger partial charge in [0.1, 0.15) is 22.9 Å². The Morgan fingerprint density at radius 3 is 1.37 bits per heavy atom. The molecule has 16 heteroatoms. The third kappa shape index (κ3) is 10.2. The van der Waals surface area contributed by atoms with Crippen LogP contribution in [0, 0.1) is 0 Å². The zero-order valence-corrected chi connectivity index (χ0v) is 38.8. The molecule has 0 bridgehead atoms. The number of ether oxygens (including phenoxy) is 1. The fourth-order valence-electron chi connectivity index (χ4n) is 8.68. The minimum absolute atomic E-state index is 0.310. The number of hydrogen-bond acceptors (Lipinski definition) is 11. The first kappa shape index (κ1) is 45.1. The molecule has 6 aromatic rings. The Labute approximate surface area is 397 Å². The highest BCUT2D eigenvalue weighted by atomic mass is 35.5. The van der Waals surface area contributed by atoms with E-state index in [-0.39, 0.29) is 5.97 Å². The molecule has 0 amide bonds. The van der Waals surface area contributed by atoms with Crippen molar-refractivity contribution in [3.8, 4) is 22.5 Å². The molecule has 0 unspecified atom stereocenters. The van der Waals surface area contributed by atoms with Crippen LogP contribution in [0.1, 0.15) is 80.9 Å². The molecule has 10 rings (SSSR count). The standard InChI is InChI=1S/C25H25Cl2N3O3.C24H23Cl2N3O3/c1-32-25(31)17-4-2-5-18(14-17)30-12-10-29(11-13-30)15-19-23(28-33-24(19)16-8-9-16)22-20(26)6-3-7-21(22)27;25-19-5-2-6-20(26)21(19)22-18(23(32-27-22)15-7-8-15)14-28-9-11-29(12-10-28)17-4-1-3-16(13-17)24(30)31/h2-7,14,16H,8-13,15H2,1H3;1-6,13,15H,7-12,14H2,(H,30,31). The summed E-state index contributed by atoms with van der Waals surface area (Å²) < 4.78 is 16.5. The second-order valence-corrected chi connectivity index (χ2v) is 18.5.